The first-order valence-electron chi connectivity index (χ1n) is 8.94. The van der Waals surface area contributed by atoms with E-state index < -0.39 is 0 Å². The normalized spacial score (nSPS) is 11.2. The van der Waals surface area contributed by atoms with E-state index in [1.54, 1.807) is 11.8 Å². The van der Waals surface area contributed by atoms with E-state index in [-0.39, 0.29) is 5.63 Å². The van der Waals surface area contributed by atoms with Gasteiger partial charge in [-0.25, -0.2) is 9.78 Å². The number of hydrogen-bond acceptors (Lipinski definition) is 4. The van der Waals surface area contributed by atoms with E-state index in [4.69, 9.17) is 21.0 Å². The Morgan fingerprint density at radius 2 is 1.93 bits per heavy atom. The third-order valence-electron chi connectivity index (χ3n) is 4.65. The predicted octanol–water partition coefficient (Wildman–Crippen LogP) is 5.67. The van der Waals surface area contributed by atoms with Crippen LogP contribution in [0.3, 0.4) is 0 Å². The van der Waals surface area contributed by atoms with Gasteiger partial charge in [-0.1, -0.05) is 53.7 Å². The summed E-state index contributed by atoms with van der Waals surface area (Å²) >= 11 is 7.83. The summed E-state index contributed by atoms with van der Waals surface area (Å²) < 4.78 is 5.33. The lowest BCUT2D eigenvalue weighted by Crippen LogP contribution is -2.00. The number of fused-ring (bicyclic) bond motifs is 1. The Kier molecular flexibility index (Phi) is 5.29. The molecule has 2 aromatic heterocycles. The van der Waals surface area contributed by atoms with Crippen LogP contribution >= 0.6 is 23.4 Å². The minimum absolute atomic E-state index is 0.356. The summed E-state index contributed by atoms with van der Waals surface area (Å²) in [5.74, 6) is 0.596. The second-order valence-electron chi connectivity index (χ2n) is 6.75. The Hall–Kier alpha value is -2.50. The summed E-state index contributed by atoms with van der Waals surface area (Å²) in [6.45, 7) is 3.92. The predicted molar refractivity (Wildman–Crippen MR) is 114 cm³/mol. The van der Waals surface area contributed by atoms with Gasteiger partial charge >= 0.3 is 5.63 Å². The molecule has 0 saturated carbocycles. The standard InChI is InChI=1S/C22H19ClN2O2S/c1-13-8-20-17(11-18(13)23)16(10-21(26)27-20)12-28-22-24-14(2)19(25-22)9-15-6-4-3-5-7-15/h3-8,10-11H,9,12H2,1-2H3,(H,24,25). The second-order valence-corrected chi connectivity index (χ2v) is 8.12. The molecule has 0 spiro atoms. The van der Waals surface area contributed by atoms with E-state index in [1.807, 2.05) is 44.2 Å². The second kappa shape index (κ2) is 7.86. The fraction of sp³-hybridized carbons (Fsp3) is 0.182. The zero-order chi connectivity index (χ0) is 19.7. The van der Waals surface area contributed by atoms with Crippen molar-refractivity contribution in [2.45, 2.75) is 31.2 Å². The van der Waals surface area contributed by atoms with Crippen molar-refractivity contribution in [1.29, 1.82) is 0 Å². The summed E-state index contributed by atoms with van der Waals surface area (Å²) in [6, 6.07) is 15.5. The van der Waals surface area contributed by atoms with Crippen molar-refractivity contribution in [3.05, 3.63) is 92.1 Å². The highest BCUT2D eigenvalue weighted by atomic mass is 35.5. The van der Waals surface area contributed by atoms with Gasteiger partial charge in [0, 0.05) is 34.3 Å². The highest BCUT2D eigenvalue weighted by Crippen LogP contribution is 2.29. The van der Waals surface area contributed by atoms with Crippen LogP contribution in [0.15, 0.2) is 62.9 Å². The molecule has 0 atom stereocenters. The van der Waals surface area contributed by atoms with Crippen LogP contribution in [0.5, 0.6) is 0 Å². The van der Waals surface area contributed by atoms with Gasteiger partial charge in [0.05, 0.1) is 5.69 Å². The minimum Gasteiger partial charge on any atom is -0.423 e. The number of nitrogens with zero attached hydrogens (tertiary/aromatic N) is 1. The van der Waals surface area contributed by atoms with Crippen molar-refractivity contribution in [1.82, 2.24) is 9.97 Å². The Bertz CT molecular complexity index is 1200. The summed E-state index contributed by atoms with van der Waals surface area (Å²) in [6.07, 6.45) is 0.788. The third-order valence-corrected chi connectivity index (χ3v) is 5.98. The van der Waals surface area contributed by atoms with Gasteiger partial charge in [0.1, 0.15) is 5.58 Å². The number of benzene rings is 2. The summed E-state index contributed by atoms with van der Waals surface area (Å²) in [4.78, 5) is 20.0. The number of aryl methyl sites for hydroxylation is 2. The maximum absolute atomic E-state index is 11.9. The molecule has 2 heterocycles. The summed E-state index contributed by atoms with van der Waals surface area (Å²) in [5, 5.41) is 2.35. The topological polar surface area (TPSA) is 58.9 Å². The first-order chi connectivity index (χ1) is 13.5. The molecule has 6 heteroatoms. The maximum atomic E-state index is 11.9. The van der Waals surface area contributed by atoms with Gasteiger partial charge in [-0.3, -0.25) is 0 Å². The van der Waals surface area contributed by atoms with E-state index in [0.29, 0.717) is 16.4 Å². The molecule has 4 nitrogen and oxygen atoms in total. The molecule has 0 amide bonds. The molecule has 28 heavy (non-hydrogen) atoms. The van der Waals surface area contributed by atoms with Crippen LogP contribution in [0.25, 0.3) is 11.0 Å². The molecule has 4 rings (SSSR count). The SMILES string of the molecule is Cc1cc2oc(=O)cc(CSc3nc(Cc4ccccc4)c(C)[nH]3)c2cc1Cl. The molecular weight excluding hydrogens is 392 g/mol. The number of nitrogens with one attached hydrogen (secondary N) is 1. The monoisotopic (exact) mass is 410 g/mol. The van der Waals surface area contributed by atoms with Crippen LogP contribution in [-0.4, -0.2) is 9.97 Å². The third kappa shape index (κ3) is 4.01. The van der Waals surface area contributed by atoms with Crippen molar-refractivity contribution >= 4 is 34.3 Å². The fourth-order valence-corrected chi connectivity index (χ4v) is 4.21. The first-order valence-corrected chi connectivity index (χ1v) is 10.3. The molecule has 0 aliphatic rings. The number of imidazole rings is 1. The molecule has 0 saturated heterocycles. The number of halogens is 1. The van der Waals surface area contributed by atoms with E-state index in [9.17, 15) is 4.79 Å². The van der Waals surface area contributed by atoms with Crippen molar-refractivity contribution in [2.24, 2.45) is 0 Å². The number of thioether (sulfide) groups is 1. The Morgan fingerprint density at radius 1 is 1.14 bits per heavy atom. The lowest BCUT2D eigenvalue weighted by Gasteiger charge is -2.06. The molecule has 142 valence electrons. The van der Waals surface area contributed by atoms with Crippen LogP contribution in [0.4, 0.5) is 0 Å². The Balaban J connectivity index is 1.57. The molecule has 1 N–H and O–H groups in total. The molecule has 0 aliphatic heterocycles. The molecule has 0 fully saturated rings. The maximum Gasteiger partial charge on any atom is 0.336 e. The van der Waals surface area contributed by atoms with Crippen LogP contribution < -0.4 is 5.63 Å². The van der Waals surface area contributed by atoms with Gasteiger partial charge in [-0.15, -0.1) is 0 Å². The fourth-order valence-electron chi connectivity index (χ4n) is 3.11. The van der Waals surface area contributed by atoms with Gasteiger partial charge in [0.25, 0.3) is 0 Å². The average molecular weight is 411 g/mol. The molecule has 0 bridgehead atoms. The Morgan fingerprint density at radius 3 is 2.71 bits per heavy atom. The quantitative estimate of drug-likeness (QED) is 0.340. The number of hydrogen-bond donors (Lipinski definition) is 1. The van der Waals surface area contributed by atoms with Gasteiger partial charge in [-0.05, 0) is 42.7 Å². The minimum atomic E-state index is -0.356. The highest BCUT2D eigenvalue weighted by molar-refractivity contribution is 7.98. The van der Waals surface area contributed by atoms with Crippen molar-refractivity contribution in [2.75, 3.05) is 0 Å². The van der Waals surface area contributed by atoms with E-state index >= 15 is 0 Å². The zero-order valence-corrected chi connectivity index (χ0v) is 17.2. The van der Waals surface area contributed by atoms with Crippen LogP contribution in [-0.2, 0) is 12.2 Å². The number of H-pyrrole nitrogens is 1. The van der Waals surface area contributed by atoms with Gasteiger partial charge < -0.3 is 9.40 Å². The lowest BCUT2D eigenvalue weighted by molar-refractivity contribution is 0.559. The number of aromatic amines is 1. The van der Waals surface area contributed by atoms with Crippen molar-refractivity contribution in [3.63, 3.8) is 0 Å². The van der Waals surface area contributed by atoms with Crippen molar-refractivity contribution < 1.29 is 4.42 Å². The van der Waals surface area contributed by atoms with Gasteiger partial charge in [0.2, 0.25) is 0 Å². The number of rotatable bonds is 5. The summed E-state index contributed by atoms with van der Waals surface area (Å²) in [7, 11) is 0. The molecule has 0 radical (unpaired) electrons. The average Bonchev–Trinajstić information content (AvgIpc) is 3.01. The lowest BCUT2D eigenvalue weighted by atomic mass is 10.1. The molecule has 0 unspecified atom stereocenters. The largest absolute Gasteiger partial charge is 0.423 e. The first kappa shape index (κ1) is 18.8. The van der Waals surface area contributed by atoms with Crippen LogP contribution in [0, 0.1) is 13.8 Å². The van der Waals surface area contributed by atoms with E-state index in [0.717, 1.165) is 39.5 Å². The van der Waals surface area contributed by atoms with Crippen LogP contribution in [0.1, 0.15) is 28.1 Å². The van der Waals surface area contributed by atoms with Crippen LogP contribution in [0.2, 0.25) is 5.02 Å². The smallest absolute Gasteiger partial charge is 0.336 e. The highest BCUT2D eigenvalue weighted by Gasteiger charge is 2.12. The zero-order valence-electron chi connectivity index (χ0n) is 15.6. The summed E-state index contributed by atoms with van der Waals surface area (Å²) in [5.41, 5.74) is 5.29. The van der Waals surface area contributed by atoms with E-state index in [1.165, 1.54) is 11.6 Å². The molecule has 2 aromatic carbocycles. The number of aromatic nitrogens is 2. The molecule has 0 aliphatic carbocycles. The Labute approximate surface area is 172 Å². The van der Waals surface area contributed by atoms with Gasteiger partial charge in [-0.2, -0.15) is 0 Å². The van der Waals surface area contributed by atoms with Crippen molar-refractivity contribution in [3.8, 4) is 0 Å². The molecular formula is C22H19ClN2O2S. The molecule has 4 aromatic rings. The van der Waals surface area contributed by atoms with Gasteiger partial charge in [0.15, 0.2) is 5.16 Å². The van der Waals surface area contributed by atoms with E-state index in [2.05, 4.69) is 17.1 Å².